The van der Waals surface area contributed by atoms with Crippen LogP contribution in [0.5, 0.6) is 0 Å². The average molecular weight is 390 g/mol. The standard InChI is InChI=1S/C15H12BrN5O3/c16-10-5-12(17-7-10)14(23)20-19-13(22)8-21-15(24)11-4-2-1-3-9(11)6-18-21/h1-7,17H,8H2,(H,19,22)(H,20,23). The molecule has 0 atom stereocenters. The quantitative estimate of drug-likeness (QED) is 0.579. The zero-order valence-corrected chi connectivity index (χ0v) is 13.8. The second kappa shape index (κ2) is 6.67. The Bertz CT molecular complexity index is 978. The molecule has 8 nitrogen and oxygen atoms in total. The number of H-pyrrole nitrogens is 1. The lowest BCUT2D eigenvalue weighted by Gasteiger charge is -2.08. The number of carbonyl (C=O) groups excluding carboxylic acids is 2. The van der Waals surface area contributed by atoms with Crippen molar-refractivity contribution in [3.63, 3.8) is 0 Å². The minimum Gasteiger partial charge on any atom is -0.356 e. The highest BCUT2D eigenvalue weighted by Crippen LogP contribution is 2.10. The van der Waals surface area contributed by atoms with E-state index in [1.165, 1.54) is 6.20 Å². The van der Waals surface area contributed by atoms with Crippen LogP contribution in [0.15, 0.2) is 52.0 Å². The molecule has 24 heavy (non-hydrogen) atoms. The molecular weight excluding hydrogens is 378 g/mol. The van der Waals surface area contributed by atoms with Crippen LogP contribution in [0.3, 0.4) is 0 Å². The lowest BCUT2D eigenvalue weighted by Crippen LogP contribution is -2.44. The number of rotatable bonds is 3. The highest BCUT2D eigenvalue weighted by Gasteiger charge is 2.11. The molecule has 0 aliphatic carbocycles. The van der Waals surface area contributed by atoms with Gasteiger partial charge >= 0.3 is 0 Å². The number of hydrogen-bond acceptors (Lipinski definition) is 4. The van der Waals surface area contributed by atoms with Gasteiger partial charge in [0.05, 0.1) is 11.6 Å². The predicted octanol–water partition coefficient (Wildman–Crippen LogP) is 0.948. The van der Waals surface area contributed by atoms with Crippen molar-refractivity contribution in [2.24, 2.45) is 0 Å². The highest BCUT2D eigenvalue weighted by molar-refractivity contribution is 9.10. The van der Waals surface area contributed by atoms with E-state index in [0.29, 0.717) is 15.2 Å². The first-order chi connectivity index (χ1) is 11.5. The van der Waals surface area contributed by atoms with Gasteiger partial charge in [-0.1, -0.05) is 18.2 Å². The van der Waals surface area contributed by atoms with Gasteiger partial charge in [-0.3, -0.25) is 25.2 Å². The molecule has 0 fully saturated rings. The third-order valence-corrected chi connectivity index (χ3v) is 3.72. The van der Waals surface area contributed by atoms with E-state index >= 15 is 0 Å². The summed E-state index contributed by atoms with van der Waals surface area (Å²) < 4.78 is 1.75. The van der Waals surface area contributed by atoms with Crippen molar-refractivity contribution in [2.45, 2.75) is 6.54 Å². The van der Waals surface area contributed by atoms with E-state index < -0.39 is 11.8 Å². The molecule has 0 bridgehead atoms. The molecule has 3 N–H and O–H groups in total. The Kier molecular flexibility index (Phi) is 4.43. The molecule has 2 aromatic heterocycles. The maximum absolute atomic E-state index is 12.2. The first kappa shape index (κ1) is 15.9. The molecule has 0 aliphatic heterocycles. The molecular formula is C15H12BrN5O3. The molecule has 9 heteroatoms. The summed E-state index contributed by atoms with van der Waals surface area (Å²) in [7, 11) is 0. The van der Waals surface area contributed by atoms with Crippen LogP contribution in [0, 0.1) is 0 Å². The lowest BCUT2D eigenvalue weighted by atomic mass is 10.2. The van der Waals surface area contributed by atoms with Crippen molar-refractivity contribution in [2.75, 3.05) is 0 Å². The van der Waals surface area contributed by atoms with Crippen molar-refractivity contribution in [1.29, 1.82) is 0 Å². The van der Waals surface area contributed by atoms with Crippen molar-refractivity contribution in [1.82, 2.24) is 25.6 Å². The number of aromatic nitrogens is 3. The van der Waals surface area contributed by atoms with E-state index in [9.17, 15) is 14.4 Å². The predicted molar refractivity (Wildman–Crippen MR) is 90.1 cm³/mol. The number of hydrazine groups is 1. The zero-order valence-electron chi connectivity index (χ0n) is 12.2. The number of nitrogens with one attached hydrogen (secondary N) is 3. The first-order valence-corrected chi connectivity index (χ1v) is 7.72. The average Bonchev–Trinajstić information content (AvgIpc) is 3.02. The number of aromatic amines is 1. The second-order valence-electron chi connectivity index (χ2n) is 4.93. The molecule has 0 aliphatic rings. The van der Waals surface area contributed by atoms with E-state index in [2.05, 4.69) is 36.9 Å². The molecule has 0 saturated carbocycles. The summed E-state index contributed by atoms with van der Waals surface area (Å²) in [5.41, 5.74) is 4.40. The summed E-state index contributed by atoms with van der Waals surface area (Å²) in [5, 5.41) is 5.12. The third kappa shape index (κ3) is 3.35. The van der Waals surface area contributed by atoms with Crippen molar-refractivity contribution in [3.8, 4) is 0 Å². The Morgan fingerprint density at radius 1 is 1.25 bits per heavy atom. The van der Waals surface area contributed by atoms with Crippen molar-refractivity contribution < 1.29 is 9.59 Å². The Labute approximate surface area is 144 Å². The topological polar surface area (TPSA) is 109 Å². The van der Waals surface area contributed by atoms with Crippen LogP contribution in [0.1, 0.15) is 10.5 Å². The number of fused-ring (bicyclic) bond motifs is 1. The summed E-state index contributed by atoms with van der Waals surface area (Å²) in [6.45, 7) is -0.307. The number of amides is 2. The first-order valence-electron chi connectivity index (χ1n) is 6.92. The number of nitrogens with zero attached hydrogens (tertiary/aromatic N) is 2. The monoisotopic (exact) mass is 389 g/mol. The molecule has 0 unspecified atom stereocenters. The van der Waals surface area contributed by atoms with Gasteiger partial charge in [-0.05, 0) is 28.1 Å². The fraction of sp³-hybridized carbons (Fsp3) is 0.0667. The van der Waals surface area contributed by atoms with Gasteiger partial charge in [0, 0.05) is 16.1 Å². The third-order valence-electron chi connectivity index (χ3n) is 3.26. The summed E-state index contributed by atoms with van der Waals surface area (Å²) in [5.74, 6) is -1.08. The molecule has 2 amide bonds. The minimum absolute atomic E-state index is 0.281. The van der Waals surface area contributed by atoms with Gasteiger partial charge in [-0.2, -0.15) is 5.10 Å². The molecule has 0 saturated heterocycles. The number of benzene rings is 1. The van der Waals surface area contributed by atoms with Crippen LogP contribution in [-0.4, -0.2) is 26.6 Å². The molecule has 3 aromatic rings. The maximum Gasteiger partial charge on any atom is 0.286 e. The minimum atomic E-state index is -0.571. The van der Waals surface area contributed by atoms with Crippen molar-refractivity contribution >= 4 is 38.5 Å². The molecule has 0 spiro atoms. The summed E-state index contributed by atoms with van der Waals surface area (Å²) >= 11 is 3.21. The van der Waals surface area contributed by atoms with Crippen LogP contribution in [0.4, 0.5) is 0 Å². The number of hydrogen-bond donors (Lipinski definition) is 3. The summed E-state index contributed by atoms with van der Waals surface area (Å²) in [4.78, 5) is 38.7. The van der Waals surface area contributed by atoms with Gasteiger partial charge < -0.3 is 4.98 Å². The fourth-order valence-electron chi connectivity index (χ4n) is 2.11. The van der Waals surface area contributed by atoms with E-state index in [-0.39, 0.29) is 17.8 Å². The lowest BCUT2D eigenvalue weighted by molar-refractivity contribution is -0.122. The molecule has 1 aromatic carbocycles. The van der Waals surface area contributed by atoms with Crippen LogP contribution in [0.25, 0.3) is 10.8 Å². The van der Waals surface area contributed by atoms with Crippen LogP contribution < -0.4 is 16.4 Å². The fourth-order valence-corrected chi connectivity index (χ4v) is 2.45. The Morgan fingerprint density at radius 3 is 2.79 bits per heavy atom. The van der Waals surface area contributed by atoms with Crippen LogP contribution >= 0.6 is 15.9 Å². The van der Waals surface area contributed by atoms with Gasteiger partial charge in [0.2, 0.25) is 0 Å². The molecule has 2 heterocycles. The van der Waals surface area contributed by atoms with Crippen LogP contribution in [0.2, 0.25) is 0 Å². The van der Waals surface area contributed by atoms with Gasteiger partial charge in [-0.15, -0.1) is 0 Å². The highest BCUT2D eigenvalue weighted by atomic mass is 79.9. The number of carbonyl (C=O) groups is 2. The van der Waals surface area contributed by atoms with E-state index in [1.54, 1.807) is 36.5 Å². The van der Waals surface area contributed by atoms with Crippen molar-refractivity contribution in [3.05, 3.63) is 63.2 Å². The normalized spacial score (nSPS) is 10.5. The van der Waals surface area contributed by atoms with Gasteiger partial charge in [-0.25, -0.2) is 4.68 Å². The van der Waals surface area contributed by atoms with Gasteiger partial charge in [0.1, 0.15) is 12.2 Å². The smallest absolute Gasteiger partial charge is 0.286 e. The van der Waals surface area contributed by atoms with Gasteiger partial charge in [0.25, 0.3) is 17.4 Å². The SMILES string of the molecule is O=C(Cn1ncc2ccccc2c1=O)NNC(=O)c1cc(Br)c[nH]1. The Hall–Kier alpha value is -2.94. The molecule has 122 valence electrons. The molecule has 0 radical (unpaired) electrons. The summed E-state index contributed by atoms with van der Waals surface area (Å²) in [6.07, 6.45) is 3.11. The molecule has 3 rings (SSSR count). The van der Waals surface area contributed by atoms with E-state index in [1.807, 2.05) is 0 Å². The zero-order chi connectivity index (χ0) is 17.1. The second-order valence-corrected chi connectivity index (χ2v) is 5.84. The van der Waals surface area contributed by atoms with E-state index in [0.717, 1.165) is 4.68 Å². The van der Waals surface area contributed by atoms with Crippen LogP contribution in [-0.2, 0) is 11.3 Å². The van der Waals surface area contributed by atoms with E-state index in [4.69, 9.17) is 0 Å². The maximum atomic E-state index is 12.2. The Morgan fingerprint density at radius 2 is 2.04 bits per heavy atom. The Balaban J connectivity index is 1.66. The number of halogens is 1. The van der Waals surface area contributed by atoms with Gasteiger partial charge in [0.15, 0.2) is 0 Å². The largest absolute Gasteiger partial charge is 0.356 e. The summed E-state index contributed by atoms with van der Waals surface area (Å²) in [6, 6.07) is 8.54.